The number of nitrogens with two attached hydrogens (primary N) is 1. The van der Waals surface area contributed by atoms with Gasteiger partial charge >= 0.3 is 0 Å². The fraction of sp³-hybridized carbons (Fsp3) is 1.00. The molecule has 0 fully saturated rings. The van der Waals surface area contributed by atoms with E-state index < -0.39 is 0 Å². The van der Waals surface area contributed by atoms with Gasteiger partial charge in [0.05, 0.1) is 0 Å². The molecule has 0 aromatic rings. The van der Waals surface area contributed by atoms with E-state index in [4.69, 9.17) is 5.73 Å². The molecule has 0 unspecified atom stereocenters. The molecule has 6 heteroatoms. The predicted octanol–water partition coefficient (Wildman–Crippen LogP) is -2.13. The number of nitrogens with zero attached hydrogens (tertiary/aromatic N) is 1. The fourth-order valence-electron chi connectivity index (χ4n) is 1.67. The number of hydrogen-bond acceptors (Lipinski definition) is 6. The molecule has 18 heavy (non-hydrogen) atoms. The third-order valence-corrected chi connectivity index (χ3v) is 2.76. The predicted molar refractivity (Wildman–Crippen MR) is 79.1 cm³/mol. The van der Waals surface area contributed by atoms with E-state index in [9.17, 15) is 0 Å². The van der Waals surface area contributed by atoms with Gasteiger partial charge in [-0.05, 0) is 14.1 Å². The largest absolute Gasteiger partial charge is 0.329 e. The van der Waals surface area contributed by atoms with E-state index in [1.54, 1.807) is 0 Å². The summed E-state index contributed by atoms with van der Waals surface area (Å²) >= 11 is 0. The molecular weight excluding hydrogens is 228 g/mol. The zero-order valence-electron chi connectivity index (χ0n) is 12.1. The Morgan fingerprint density at radius 1 is 0.722 bits per heavy atom. The highest BCUT2D eigenvalue weighted by atomic mass is 15.2. The van der Waals surface area contributed by atoms with Gasteiger partial charge in [0.15, 0.2) is 0 Å². The summed E-state index contributed by atoms with van der Waals surface area (Å²) in [6.07, 6.45) is 0. The molecule has 0 saturated heterocycles. The molecule has 0 rings (SSSR count). The number of rotatable bonds is 14. The van der Waals surface area contributed by atoms with E-state index in [1.165, 1.54) is 0 Å². The highest BCUT2D eigenvalue weighted by Gasteiger charge is 2.02. The Morgan fingerprint density at radius 2 is 1.22 bits per heavy atom. The van der Waals surface area contributed by atoms with Crippen LogP contribution in [-0.2, 0) is 0 Å². The second-order valence-corrected chi connectivity index (χ2v) is 4.34. The summed E-state index contributed by atoms with van der Waals surface area (Å²) in [6.45, 7) is 9.96. The van der Waals surface area contributed by atoms with Crippen molar-refractivity contribution in [3.05, 3.63) is 0 Å². The van der Waals surface area contributed by atoms with Crippen molar-refractivity contribution in [1.29, 1.82) is 0 Å². The Labute approximate surface area is 112 Å². The van der Waals surface area contributed by atoms with Crippen molar-refractivity contribution in [3.8, 4) is 0 Å². The molecule has 0 aliphatic rings. The number of hydrogen-bond donors (Lipinski definition) is 5. The molecule has 0 amide bonds. The van der Waals surface area contributed by atoms with Crippen LogP contribution in [0.2, 0.25) is 0 Å². The summed E-state index contributed by atoms with van der Waals surface area (Å²) < 4.78 is 0. The van der Waals surface area contributed by atoms with Crippen LogP contribution in [0.1, 0.15) is 0 Å². The second-order valence-electron chi connectivity index (χ2n) is 4.34. The zero-order chi connectivity index (χ0) is 13.5. The first-order valence-corrected chi connectivity index (χ1v) is 6.98. The summed E-state index contributed by atoms with van der Waals surface area (Å²) in [5.74, 6) is 0. The molecule has 6 nitrogen and oxygen atoms in total. The van der Waals surface area contributed by atoms with Gasteiger partial charge in [-0.1, -0.05) is 0 Å². The van der Waals surface area contributed by atoms with Crippen molar-refractivity contribution in [2.75, 3.05) is 79.5 Å². The van der Waals surface area contributed by atoms with Crippen molar-refractivity contribution in [2.45, 2.75) is 0 Å². The molecule has 0 bridgehead atoms. The van der Waals surface area contributed by atoms with Gasteiger partial charge in [0, 0.05) is 65.4 Å². The van der Waals surface area contributed by atoms with Gasteiger partial charge < -0.3 is 27.0 Å². The average molecular weight is 260 g/mol. The average Bonchev–Trinajstić information content (AvgIpc) is 2.38. The first kappa shape index (κ1) is 17.8. The topological polar surface area (TPSA) is 77.4 Å². The van der Waals surface area contributed by atoms with Crippen LogP contribution in [0, 0.1) is 0 Å². The third kappa shape index (κ3) is 12.2. The molecular formula is C12H32N6. The van der Waals surface area contributed by atoms with E-state index in [-0.39, 0.29) is 0 Å². The van der Waals surface area contributed by atoms with Crippen LogP contribution in [0.15, 0.2) is 0 Å². The lowest BCUT2D eigenvalue weighted by atomic mass is 10.4. The van der Waals surface area contributed by atoms with Gasteiger partial charge in [0.2, 0.25) is 0 Å². The molecule has 0 saturated carbocycles. The summed E-state index contributed by atoms with van der Waals surface area (Å²) in [5.41, 5.74) is 5.63. The van der Waals surface area contributed by atoms with Crippen LogP contribution in [0.25, 0.3) is 0 Å². The monoisotopic (exact) mass is 260 g/mol. The van der Waals surface area contributed by atoms with Crippen molar-refractivity contribution in [1.82, 2.24) is 26.2 Å². The van der Waals surface area contributed by atoms with Crippen LogP contribution in [0.3, 0.4) is 0 Å². The van der Waals surface area contributed by atoms with Crippen molar-refractivity contribution in [3.63, 3.8) is 0 Å². The van der Waals surface area contributed by atoms with E-state index >= 15 is 0 Å². The highest BCUT2D eigenvalue weighted by molar-refractivity contribution is 4.63. The second kappa shape index (κ2) is 14.8. The molecule has 0 atom stereocenters. The van der Waals surface area contributed by atoms with Crippen LogP contribution in [-0.4, -0.2) is 84.4 Å². The molecule has 0 aromatic carbocycles. The maximum absolute atomic E-state index is 5.63. The molecule has 0 aliphatic carbocycles. The Morgan fingerprint density at radius 3 is 1.61 bits per heavy atom. The van der Waals surface area contributed by atoms with Gasteiger partial charge in [-0.15, -0.1) is 0 Å². The van der Waals surface area contributed by atoms with Crippen LogP contribution < -0.4 is 27.0 Å². The van der Waals surface area contributed by atoms with Crippen molar-refractivity contribution < 1.29 is 0 Å². The third-order valence-electron chi connectivity index (χ3n) is 2.76. The van der Waals surface area contributed by atoms with Gasteiger partial charge in [0.1, 0.15) is 0 Å². The Bertz CT molecular complexity index is 142. The van der Waals surface area contributed by atoms with E-state index in [1.807, 2.05) is 14.1 Å². The maximum atomic E-state index is 5.63. The Balaban J connectivity index is 3.45. The van der Waals surface area contributed by atoms with Crippen LogP contribution in [0.5, 0.6) is 0 Å². The molecule has 0 spiro atoms. The lowest BCUT2D eigenvalue weighted by Crippen LogP contribution is -2.41. The maximum Gasteiger partial charge on any atom is 0.0108 e. The SMILES string of the molecule is CNCCNCCN(CCN)CCNCCNC. The standard InChI is InChI=1S/C12H32N6/c1-14-4-6-16-8-11-18(10-3-13)12-9-17-7-5-15-2/h14-17H,3-13H2,1-2H3. The van der Waals surface area contributed by atoms with E-state index in [0.717, 1.165) is 65.4 Å². The molecule has 0 radical (unpaired) electrons. The lowest BCUT2D eigenvalue weighted by Gasteiger charge is -2.22. The summed E-state index contributed by atoms with van der Waals surface area (Å²) in [6, 6.07) is 0. The van der Waals surface area contributed by atoms with Gasteiger partial charge in [0.25, 0.3) is 0 Å². The van der Waals surface area contributed by atoms with E-state index in [2.05, 4.69) is 26.2 Å². The minimum absolute atomic E-state index is 0.729. The minimum Gasteiger partial charge on any atom is -0.329 e. The van der Waals surface area contributed by atoms with Crippen LogP contribution >= 0.6 is 0 Å². The summed E-state index contributed by atoms with van der Waals surface area (Å²) in [4.78, 5) is 2.40. The van der Waals surface area contributed by atoms with Crippen molar-refractivity contribution >= 4 is 0 Å². The molecule has 0 aromatic heterocycles. The number of nitrogens with one attached hydrogen (secondary N) is 4. The minimum atomic E-state index is 0.729. The quantitative estimate of drug-likeness (QED) is 0.230. The Hall–Kier alpha value is -0.240. The van der Waals surface area contributed by atoms with Crippen molar-refractivity contribution in [2.24, 2.45) is 5.73 Å². The summed E-state index contributed by atoms with van der Waals surface area (Å²) in [7, 11) is 3.94. The van der Waals surface area contributed by atoms with Crippen LogP contribution in [0.4, 0.5) is 0 Å². The molecule has 6 N–H and O–H groups in total. The van der Waals surface area contributed by atoms with Gasteiger partial charge in [-0.3, -0.25) is 4.90 Å². The van der Waals surface area contributed by atoms with E-state index in [0.29, 0.717) is 0 Å². The normalized spacial score (nSPS) is 11.3. The first-order chi connectivity index (χ1) is 8.85. The fourth-order valence-corrected chi connectivity index (χ4v) is 1.67. The molecule has 110 valence electrons. The highest BCUT2D eigenvalue weighted by Crippen LogP contribution is 1.84. The first-order valence-electron chi connectivity index (χ1n) is 6.98. The van der Waals surface area contributed by atoms with Gasteiger partial charge in [-0.2, -0.15) is 0 Å². The smallest absolute Gasteiger partial charge is 0.0108 e. The van der Waals surface area contributed by atoms with Gasteiger partial charge in [-0.25, -0.2) is 0 Å². The molecule has 0 heterocycles. The number of likely N-dealkylation sites (N-methyl/N-ethyl adjacent to an activating group) is 2. The molecule has 0 aliphatic heterocycles. The summed E-state index contributed by atoms with van der Waals surface area (Å²) in [5, 5.41) is 13.1. The Kier molecular flexibility index (Phi) is 14.6. The lowest BCUT2D eigenvalue weighted by molar-refractivity contribution is 0.280. The zero-order valence-corrected chi connectivity index (χ0v) is 12.1.